The molecule has 0 aliphatic carbocycles. The highest BCUT2D eigenvalue weighted by Crippen LogP contribution is 2.21. The van der Waals surface area contributed by atoms with Crippen LogP contribution in [0, 0.1) is 0 Å². The maximum absolute atomic E-state index is 10.5. The molecule has 0 aliphatic rings. The van der Waals surface area contributed by atoms with E-state index in [0.29, 0.717) is 0 Å². The molecule has 0 spiro atoms. The van der Waals surface area contributed by atoms with Gasteiger partial charge in [0.15, 0.2) is 0 Å². The molecule has 0 saturated carbocycles. The largest absolute Gasteiger partial charge is 0.446 e. The summed E-state index contributed by atoms with van der Waals surface area (Å²) >= 11 is 5.14. The Kier molecular flexibility index (Phi) is 3.77. The Hall–Kier alpha value is -1.02. The van der Waals surface area contributed by atoms with E-state index in [1.165, 1.54) is 0 Å². The zero-order valence-corrected chi connectivity index (χ0v) is 8.12. The number of rotatable bonds is 3. The smallest absolute Gasteiger partial charge is 0.404 e. The van der Waals surface area contributed by atoms with Crippen molar-refractivity contribution in [2.24, 2.45) is 0 Å². The van der Waals surface area contributed by atoms with Gasteiger partial charge >= 0.3 is 5.43 Å². The van der Waals surface area contributed by atoms with E-state index in [2.05, 4.69) is 0 Å². The van der Waals surface area contributed by atoms with Crippen molar-refractivity contribution in [3.05, 3.63) is 35.9 Å². The molecular formula is C10H11ClO2. The number of ether oxygens (including phenoxy) is 1. The summed E-state index contributed by atoms with van der Waals surface area (Å²) in [4.78, 5) is 10.5. The monoisotopic (exact) mass is 198 g/mol. The predicted octanol–water partition coefficient (Wildman–Crippen LogP) is 3.51. The Labute approximate surface area is 82.5 Å². The van der Waals surface area contributed by atoms with Crippen molar-refractivity contribution in [2.45, 2.75) is 19.4 Å². The highest BCUT2D eigenvalue weighted by Gasteiger charge is 2.11. The van der Waals surface area contributed by atoms with Crippen LogP contribution in [0.3, 0.4) is 0 Å². The topological polar surface area (TPSA) is 26.3 Å². The van der Waals surface area contributed by atoms with Crippen molar-refractivity contribution in [2.75, 3.05) is 0 Å². The molecule has 3 heteroatoms. The molecule has 1 rings (SSSR count). The zero-order chi connectivity index (χ0) is 9.68. The lowest BCUT2D eigenvalue weighted by atomic mass is 10.1. The molecule has 1 atom stereocenters. The van der Waals surface area contributed by atoms with E-state index < -0.39 is 5.43 Å². The second kappa shape index (κ2) is 4.87. The Morgan fingerprint density at radius 3 is 2.54 bits per heavy atom. The van der Waals surface area contributed by atoms with Crippen LogP contribution in [0.2, 0.25) is 0 Å². The lowest BCUT2D eigenvalue weighted by molar-refractivity contribution is 0.119. The summed E-state index contributed by atoms with van der Waals surface area (Å²) in [6.45, 7) is 1.94. The molecule has 0 amide bonds. The van der Waals surface area contributed by atoms with Crippen molar-refractivity contribution in [1.29, 1.82) is 0 Å². The number of carbonyl (C=O) groups excluding carboxylic acids is 1. The fourth-order valence-electron chi connectivity index (χ4n) is 1.17. The minimum Gasteiger partial charge on any atom is -0.446 e. The average molecular weight is 199 g/mol. The summed E-state index contributed by atoms with van der Waals surface area (Å²) in [7, 11) is 0. The van der Waals surface area contributed by atoms with Gasteiger partial charge in [0.05, 0.1) is 0 Å². The van der Waals surface area contributed by atoms with E-state index in [1.54, 1.807) is 0 Å². The van der Waals surface area contributed by atoms with Gasteiger partial charge in [0.2, 0.25) is 0 Å². The number of halogens is 1. The Bertz CT molecular complexity index is 272. The normalized spacial score (nSPS) is 12.2. The van der Waals surface area contributed by atoms with Gasteiger partial charge in [-0.2, -0.15) is 0 Å². The van der Waals surface area contributed by atoms with Crippen LogP contribution in [0.15, 0.2) is 30.3 Å². The molecule has 13 heavy (non-hydrogen) atoms. The van der Waals surface area contributed by atoms with Crippen LogP contribution in [0.25, 0.3) is 0 Å². The van der Waals surface area contributed by atoms with Gasteiger partial charge in [-0.15, -0.1) is 0 Å². The van der Waals surface area contributed by atoms with E-state index in [-0.39, 0.29) is 6.10 Å². The summed E-state index contributed by atoms with van der Waals surface area (Å²) in [6, 6.07) is 9.54. The number of hydrogen-bond donors (Lipinski definition) is 0. The van der Waals surface area contributed by atoms with Gasteiger partial charge < -0.3 is 4.74 Å². The molecule has 0 radical (unpaired) electrons. The second-order valence-corrected chi connectivity index (χ2v) is 2.97. The Morgan fingerprint density at radius 2 is 2.08 bits per heavy atom. The van der Waals surface area contributed by atoms with Crippen LogP contribution >= 0.6 is 11.6 Å². The van der Waals surface area contributed by atoms with Crippen molar-refractivity contribution < 1.29 is 9.53 Å². The lowest BCUT2D eigenvalue weighted by Crippen LogP contribution is -2.04. The van der Waals surface area contributed by atoms with Gasteiger partial charge in [-0.05, 0) is 12.0 Å². The molecule has 2 nitrogen and oxygen atoms in total. The van der Waals surface area contributed by atoms with Gasteiger partial charge in [0.25, 0.3) is 0 Å². The lowest BCUT2D eigenvalue weighted by Gasteiger charge is -2.13. The predicted molar refractivity (Wildman–Crippen MR) is 51.8 cm³/mol. The molecule has 1 aromatic carbocycles. The van der Waals surface area contributed by atoms with Gasteiger partial charge in [-0.1, -0.05) is 37.3 Å². The molecule has 0 aliphatic heterocycles. The molecule has 0 N–H and O–H groups in total. The molecule has 0 heterocycles. The standard InChI is InChI=1S/C10H11ClO2/c1-2-9(13-10(11)12)8-6-4-3-5-7-8/h3-7,9H,2H2,1H3/t9-/m0/s1. The van der Waals surface area contributed by atoms with Crippen molar-refractivity contribution >= 4 is 17.0 Å². The SMILES string of the molecule is CC[C@H](OC(=O)Cl)c1ccccc1. The van der Waals surface area contributed by atoms with Gasteiger partial charge in [0.1, 0.15) is 6.10 Å². The average Bonchev–Trinajstić information content (AvgIpc) is 2.15. The van der Waals surface area contributed by atoms with Crippen molar-refractivity contribution in [3.63, 3.8) is 0 Å². The Balaban J connectivity index is 2.73. The summed E-state index contributed by atoms with van der Waals surface area (Å²) in [5, 5.41) is 0. The molecule has 1 aromatic rings. The maximum atomic E-state index is 10.5. The van der Waals surface area contributed by atoms with E-state index in [1.807, 2.05) is 37.3 Å². The number of hydrogen-bond acceptors (Lipinski definition) is 2. The van der Waals surface area contributed by atoms with E-state index >= 15 is 0 Å². The summed E-state index contributed by atoms with van der Waals surface area (Å²) in [5.41, 5.74) is 0.217. The quantitative estimate of drug-likeness (QED) is 0.695. The molecule has 70 valence electrons. The molecule has 0 aromatic heterocycles. The number of benzene rings is 1. The van der Waals surface area contributed by atoms with E-state index in [9.17, 15) is 4.79 Å². The third-order valence-corrected chi connectivity index (χ3v) is 1.87. The maximum Gasteiger partial charge on any atom is 0.404 e. The summed E-state index contributed by atoms with van der Waals surface area (Å²) in [5.74, 6) is 0. The highest BCUT2D eigenvalue weighted by molar-refractivity contribution is 6.61. The van der Waals surface area contributed by atoms with Gasteiger partial charge in [-0.25, -0.2) is 4.79 Å². The minimum absolute atomic E-state index is 0.230. The zero-order valence-electron chi connectivity index (χ0n) is 7.37. The molecular weight excluding hydrogens is 188 g/mol. The first kappa shape index (κ1) is 10.1. The molecule has 0 saturated heterocycles. The third kappa shape index (κ3) is 3.07. The first-order chi connectivity index (χ1) is 6.24. The van der Waals surface area contributed by atoms with Crippen LogP contribution in [0.1, 0.15) is 25.0 Å². The number of carbonyl (C=O) groups is 1. The molecule has 0 fully saturated rings. The molecule has 0 bridgehead atoms. The summed E-state index contributed by atoms with van der Waals surface area (Å²) < 4.78 is 4.91. The fourth-order valence-corrected chi connectivity index (χ4v) is 1.27. The summed E-state index contributed by atoms with van der Waals surface area (Å²) in [6.07, 6.45) is 0.494. The molecule has 0 unspecified atom stereocenters. The van der Waals surface area contributed by atoms with Crippen molar-refractivity contribution in [1.82, 2.24) is 0 Å². The van der Waals surface area contributed by atoms with Crippen LogP contribution in [-0.2, 0) is 4.74 Å². The van der Waals surface area contributed by atoms with Crippen LogP contribution < -0.4 is 0 Å². The van der Waals surface area contributed by atoms with Crippen LogP contribution in [0.5, 0.6) is 0 Å². The van der Waals surface area contributed by atoms with Crippen LogP contribution in [0.4, 0.5) is 4.79 Å². The third-order valence-electron chi connectivity index (χ3n) is 1.78. The first-order valence-corrected chi connectivity index (χ1v) is 4.53. The highest BCUT2D eigenvalue weighted by atomic mass is 35.5. The van der Waals surface area contributed by atoms with E-state index in [4.69, 9.17) is 16.3 Å². The van der Waals surface area contributed by atoms with Crippen LogP contribution in [-0.4, -0.2) is 5.43 Å². The van der Waals surface area contributed by atoms with Gasteiger partial charge in [0, 0.05) is 11.6 Å². The first-order valence-electron chi connectivity index (χ1n) is 4.15. The van der Waals surface area contributed by atoms with Gasteiger partial charge in [-0.3, -0.25) is 0 Å². The minimum atomic E-state index is -0.754. The van der Waals surface area contributed by atoms with E-state index in [0.717, 1.165) is 12.0 Å². The fraction of sp³-hybridized carbons (Fsp3) is 0.300. The second-order valence-electron chi connectivity index (χ2n) is 2.66. The van der Waals surface area contributed by atoms with Crippen molar-refractivity contribution in [3.8, 4) is 0 Å². The Morgan fingerprint density at radius 1 is 1.46 bits per heavy atom.